The molecule has 0 N–H and O–H groups in total. The largest absolute Gasteiger partial charge is 0.450 e. The Morgan fingerprint density at radius 3 is 2.48 bits per heavy atom. The van der Waals surface area contributed by atoms with Gasteiger partial charge in [-0.3, -0.25) is 14.9 Å². The smallest absolute Gasteiger partial charge is 0.409 e. The molecule has 0 radical (unpaired) electrons. The van der Waals surface area contributed by atoms with Crippen LogP contribution in [-0.2, 0) is 4.74 Å². The van der Waals surface area contributed by atoms with E-state index in [4.69, 9.17) is 4.74 Å². The van der Waals surface area contributed by atoms with Crippen LogP contribution in [0.15, 0.2) is 36.9 Å². The van der Waals surface area contributed by atoms with Gasteiger partial charge in [-0.25, -0.2) is 9.78 Å². The highest BCUT2D eigenvalue weighted by Crippen LogP contribution is 2.28. The zero-order valence-corrected chi connectivity index (χ0v) is 18.3. The maximum Gasteiger partial charge on any atom is 0.409 e. The van der Waals surface area contributed by atoms with Crippen molar-refractivity contribution in [3.63, 3.8) is 0 Å². The Hall–Kier alpha value is -2.74. The van der Waals surface area contributed by atoms with Gasteiger partial charge in [-0.15, -0.1) is 0 Å². The summed E-state index contributed by atoms with van der Waals surface area (Å²) in [5, 5.41) is 0. The molecule has 0 spiro atoms. The lowest BCUT2D eigenvalue weighted by molar-refractivity contribution is 0.0936. The first kappa shape index (κ1) is 21.5. The summed E-state index contributed by atoms with van der Waals surface area (Å²) >= 11 is 0. The first-order chi connectivity index (χ1) is 15.3. The lowest BCUT2D eigenvalue weighted by Crippen LogP contribution is -2.51. The molecule has 166 valence electrons. The number of nitrogens with zero attached hydrogens (tertiary/aromatic N) is 6. The summed E-state index contributed by atoms with van der Waals surface area (Å²) in [6.45, 7) is 7.86. The van der Waals surface area contributed by atoms with Crippen LogP contribution in [0.1, 0.15) is 32.6 Å². The Labute approximate surface area is 184 Å². The topological polar surface area (TPSA) is 74.7 Å². The van der Waals surface area contributed by atoms with Crippen LogP contribution >= 0.6 is 0 Å². The number of aromatic nitrogens is 3. The quantitative estimate of drug-likeness (QED) is 0.747. The first-order valence-corrected chi connectivity index (χ1v) is 11.4. The van der Waals surface area contributed by atoms with Crippen LogP contribution in [-0.4, -0.2) is 82.8 Å². The summed E-state index contributed by atoms with van der Waals surface area (Å²) in [5.74, 6) is 0.991. The normalized spacial score (nSPS) is 19.0. The third kappa shape index (κ3) is 5.31. The molecule has 2 aliphatic heterocycles. The van der Waals surface area contributed by atoms with Crippen LogP contribution in [0.2, 0.25) is 0 Å². The number of hydrogen-bond donors (Lipinski definition) is 0. The van der Waals surface area contributed by atoms with E-state index in [1.54, 1.807) is 18.6 Å². The van der Waals surface area contributed by atoms with Crippen molar-refractivity contribution in [3.8, 4) is 11.3 Å². The summed E-state index contributed by atoms with van der Waals surface area (Å²) in [5.41, 5.74) is 1.90. The Balaban J connectivity index is 1.33. The molecule has 2 fully saturated rings. The van der Waals surface area contributed by atoms with E-state index in [1.807, 2.05) is 24.1 Å². The lowest BCUT2D eigenvalue weighted by atomic mass is 10.0. The van der Waals surface area contributed by atoms with Crippen molar-refractivity contribution in [2.45, 2.75) is 38.6 Å². The summed E-state index contributed by atoms with van der Waals surface area (Å²) < 4.78 is 5.17. The standard InChI is InChI=1S/C23H32N6O2/c1-2-31-23(30)29-12-4-6-19(7-5-13-29)27-14-16-28(17-15-27)22-20(8-3-9-26-22)21-18-24-10-11-25-21/h3,8-11,18-19H,2,4-7,12-17H2,1H3. The van der Waals surface area contributed by atoms with Crippen molar-refractivity contribution < 1.29 is 9.53 Å². The second kappa shape index (κ2) is 10.5. The molecular weight excluding hydrogens is 392 g/mol. The first-order valence-electron chi connectivity index (χ1n) is 11.4. The van der Waals surface area contributed by atoms with Gasteiger partial charge >= 0.3 is 6.09 Å². The van der Waals surface area contributed by atoms with Gasteiger partial charge in [0.15, 0.2) is 0 Å². The van der Waals surface area contributed by atoms with Crippen LogP contribution in [0.25, 0.3) is 11.3 Å². The Bertz CT molecular complexity index is 831. The number of rotatable bonds is 4. The number of anilines is 1. The molecule has 2 aromatic rings. The molecule has 2 saturated heterocycles. The number of piperazine rings is 1. The van der Waals surface area contributed by atoms with Crippen molar-refractivity contribution in [1.82, 2.24) is 24.8 Å². The van der Waals surface area contributed by atoms with Gasteiger partial charge < -0.3 is 14.5 Å². The molecule has 8 heteroatoms. The SMILES string of the molecule is CCOC(=O)N1CCCC(N2CCN(c3ncccc3-c3cnccn3)CC2)CCC1. The fourth-order valence-corrected chi connectivity index (χ4v) is 4.64. The number of carbonyl (C=O) groups is 1. The molecule has 31 heavy (non-hydrogen) atoms. The Kier molecular flexibility index (Phi) is 7.30. The molecule has 8 nitrogen and oxygen atoms in total. The van der Waals surface area contributed by atoms with Gasteiger partial charge in [-0.05, 0) is 44.7 Å². The number of likely N-dealkylation sites (tertiary alicyclic amines) is 1. The number of hydrogen-bond acceptors (Lipinski definition) is 7. The highest BCUT2D eigenvalue weighted by molar-refractivity contribution is 5.72. The average molecular weight is 425 g/mol. The predicted molar refractivity (Wildman–Crippen MR) is 120 cm³/mol. The maximum absolute atomic E-state index is 12.0. The van der Waals surface area contributed by atoms with Crippen LogP contribution in [0, 0.1) is 0 Å². The van der Waals surface area contributed by atoms with Gasteiger partial charge in [0.05, 0.1) is 18.5 Å². The Morgan fingerprint density at radius 2 is 1.81 bits per heavy atom. The van der Waals surface area contributed by atoms with Gasteiger partial charge in [0, 0.05) is 69.5 Å². The predicted octanol–water partition coefficient (Wildman–Crippen LogP) is 3.06. The third-order valence-electron chi connectivity index (χ3n) is 6.21. The molecular formula is C23H32N6O2. The minimum atomic E-state index is -0.163. The average Bonchev–Trinajstić information content (AvgIpc) is 2.80. The van der Waals surface area contributed by atoms with E-state index in [0.29, 0.717) is 12.6 Å². The van der Waals surface area contributed by atoms with Crippen molar-refractivity contribution in [1.29, 1.82) is 0 Å². The second-order valence-electron chi connectivity index (χ2n) is 8.11. The van der Waals surface area contributed by atoms with Gasteiger partial charge in [-0.1, -0.05) is 0 Å². The molecule has 0 aromatic carbocycles. The Morgan fingerprint density at radius 1 is 1.03 bits per heavy atom. The second-order valence-corrected chi connectivity index (χ2v) is 8.11. The van der Waals surface area contributed by atoms with Crippen LogP contribution in [0.4, 0.5) is 10.6 Å². The molecule has 0 bridgehead atoms. The van der Waals surface area contributed by atoms with E-state index in [-0.39, 0.29) is 6.09 Å². The van der Waals surface area contributed by atoms with Crippen LogP contribution in [0.3, 0.4) is 0 Å². The molecule has 1 amide bonds. The zero-order chi connectivity index (χ0) is 21.5. The highest BCUT2D eigenvalue weighted by Gasteiger charge is 2.27. The van der Waals surface area contributed by atoms with Crippen LogP contribution in [0.5, 0.6) is 0 Å². The molecule has 4 heterocycles. The molecule has 2 aromatic heterocycles. The number of carbonyl (C=O) groups excluding carboxylic acids is 1. The van der Waals surface area contributed by atoms with E-state index >= 15 is 0 Å². The van der Waals surface area contributed by atoms with Crippen molar-refractivity contribution in [2.24, 2.45) is 0 Å². The summed E-state index contributed by atoms with van der Waals surface area (Å²) in [4.78, 5) is 32.2. The number of pyridine rings is 1. The molecule has 2 aliphatic rings. The fourth-order valence-electron chi connectivity index (χ4n) is 4.64. The molecule has 0 atom stereocenters. The van der Waals surface area contributed by atoms with E-state index in [1.165, 1.54) is 0 Å². The van der Waals surface area contributed by atoms with E-state index in [9.17, 15) is 4.79 Å². The number of ether oxygens (including phenoxy) is 1. The van der Waals surface area contributed by atoms with E-state index in [2.05, 4.69) is 30.8 Å². The molecule has 4 rings (SSSR count). The summed E-state index contributed by atoms with van der Waals surface area (Å²) in [6, 6.07) is 4.62. The fraction of sp³-hybridized carbons (Fsp3) is 0.565. The summed E-state index contributed by atoms with van der Waals surface area (Å²) in [7, 11) is 0. The zero-order valence-electron chi connectivity index (χ0n) is 18.3. The number of amides is 1. The summed E-state index contributed by atoms with van der Waals surface area (Å²) in [6.07, 6.45) is 11.2. The van der Waals surface area contributed by atoms with Crippen molar-refractivity contribution in [3.05, 3.63) is 36.9 Å². The van der Waals surface area contributed by atoms with Gasteiger partial charge in [0.25, 0.3) is 0 Å². The van der Waals surface area contributed by atoms with E-state index < -0.39 is 0 Å². The highest BCUT2D eigenvalue weighted by atomic mass is 16.6. The maximum atomic E-state index is 12.0. The lowest BCUT2D eigenvalue weighted by Gasteiger charge is -2.41. The monoisotopic (exact) mass is 424 g/mol. The van der Waals surface area contributed by atoms with Crippen molar-refractivity contribution in [2.75, 3.05) is 50.8 Å². The van der Waals surface area contributed by atoms with Crippen molar-refractivity contribution >= 4 is 11.9 Å². The minimum Gasteiger partial charge on any atom is -0.450 e. The van der Waals surface area contributed by atoms with Gasteiger partial charge in [-0.2, -0.15) is 0 Å². The van der Waals surface area contributed by atoms with Gasteiger partial charge in [0.2, 0.25) is 0 Å². The third-order valence-corrected chi connectivity index (χ3v) is 6.21. The van der Waals surface area contributed by atoms with E-state index in [0.717, 1.165) is 82.0 Å². The molecule has 0 saturated carbocycles. The minimum absolute atomic E-state index is 0.163. The molecule has 0 unspecified atom stereocenters. The van der Waals surface area contributed by atoms with Crippen LogP contribution < -0.4 is 4.90 Å². The molecule has 0 aliphatic carbocycles. The van der Waals surface area contributed by atoms with Gasteiger partial charge in [0.1, 0.15) is 5.82 Å².